The molecule has 0 saturated heterocycles. The number of thiophene rings is 1. The van der Waals surface area contributed by atoms with Crippen molar-refractivity contribution in [1.29, 1.82) is 0 Å². The number of primary amides is 1. The fraction of sp³-hybridized carbons (Fsp3) is 0.182. The van der Waals surface area contributed by atoms with Gasteiger partial charge in [-0.2, -0.15) is 5.10 Å². The van der Waals surface area contributed by atoms with Crippen molar-refractivity contribution < 1.29 is 4.79 Å². The van der Waals surface area contributed by atoms with E-state index in [0.29, 0.717) is 11.3 Å². The number of carbonyl (C=O) groups excluding carboxylic acids is 1. The average Bonchev–Trinajstić information content (AvgIpc) is 3.14. The second kappa shape index (κ2) is 6.67. The SMILES string of the molecule is Cc1cccc(Cc2cc3cccc(-n4nc(C)c(C(N)=O)c4C)c3s2)c1. The van der Waals surface area contributed by atoms with Crippen molar-refractivity contribution >= 4 is 27.3 Å². The highest BCUT2D eigenvalue weighted by Crippen LogP contribution is 2.33. The molecule has 4 nitrogen and oxygen atoms in total. The first-order chi connectivity index (χ1) is 12.9. The minimum atomic E-state index is -0.435. The molecule has 0 spiro atoms. The molecular formula is C22H21N3OS. The third-order valence-corrected chi connectivity index (χ3v) is 5.97. The highest BCUT2D eigenvalue weighted by molar-refractivity contribution is 7.19. The summed E-state index contributed by atoms with van der Waals surface area (Å²) in [5, 5.41) is 5.77. The lowest BCUT2D eigenvalue weighted by molar-refractivity contribution is 0.0999. The van der Waals surface area contributed by atoms with Crippen molar-refractivity contribution in [2.45, 2.75) is 27.2 Å². The number of hydrogen-bond acceptors (Lipinski definition) is 3. The molecule has 1 amide bonds. The number of carbonyl (C=O) groups is 1. The molecule has 0 saturated carbocycles. The van der Waals surface area contributed by atoms with Crippen molar-refractivity contribution in [3.05, 3.63) is 81.5 Å². The molecule has 0 radical (unpaired) electrons. The van der Waals surface area contributed by atoms with E-state index in [1.165, 1.54) is 26.1 Å². The van der Waals surface area contributed by atoms with Gasteiger partial charge in [0.1, 0.15) is 0 Å². The number of aryl methyl sites for hydroxylation is 2. The second-order valence-corrected chi connectivity index (χ2v) is 8.03. The van der Waals surface area contributed by atoms with E-state index in [-0.39, 0.29) is 0 Å². The average molecular weight is 375 g/mol. The molecule has 0 atom stereocenters. The van der Waals surface area contributed by atoms with E-state index >= 15 is 0 Å². The summed E-state index contributed by atoms with van der Waals surface area (Å²) < 4.78 is 3.01. The number of rotatable bonds is 4. The third kappa shape index (κ3) is 3.15. The molecule has 4 aromatic rings. The molecule has 0 unspecified atom stereocenters. The van der Waals surface area contributed by atoms with Gasteiger partial charge >= 0.3 is 0 Å². The largest absolute Gasteiger partial charge is 0.365 e. The van der Waals surface area contributed by atoms with Gasteiger partial charge in [0.05, 0.1) is 27.3 Å². The van der Waals surface area contributed by atoms with E-state index < -0.39 is 5.91 Å². The van der Waals surface area contributed by atoms with Gasteiger partial charge in [0, 0.05) is 11.3 Å². The lowest BCUT2D eigenvalue weighted by atomic mass is 10.1. The molecule has 27 heavy (non-hydrogen) atoms. The molecule has 5 heteroatoms. The number of nitrogens with zero attached hydrogens (tertiary/aromatic N) is 2. The number of amides is 1. The van der Waals surface area contributed by atoms with Gasteiger partial charge in [-0.25, -0.2) is 4.68 Å². The Morgan fingerprint density at radius 2 is 1.89 bits per heavy atom. The van der Waals surface area contributed by atoms with Crippen molar-refractivity contribution in [2.24, 2.45) is 5.73 Å². The Labute approximate surface area is 162 Å². The molecular weight excluding hydrogens is 354 g/mol. The summed E-state index contributed by atoms with van der Waals surface area (Å²) in [6.45, 7) is 5.83. The van der Waals surface area contributed by atoms with Crippen LogP contribution in [0.5, 0.6) is 0 Å². The van der Waals surface area contributed by atoms with Gasteiger partial charge in [-0.3, -0.25) is 4.79 Å². The number of fused-ring (bicyclic) bond motifs is 1. The van der Waals surface area contributed by atoms with E-state index in [1.54, 1.807) is 11.3 Å². The number of benzene rings is 2. The minimum absolute atomic E-state index is 0.435. The van der Waals surface area contributed by atoms with Gasteiger partial charge in [-0.05, 0) is 43.9 Å². The van der Waals surface area contributed by atoms with Crippen molar-refractivity contribution in [2.75, 3.05) is 0 Å². The van der Waals surface area contributed by atoms with Crippen molar-refractivity contribution in [3.63, 3.8) is 0 Å². The first kappa shape index (κ1) is 17.5. The molecule has 0 bridgehead atoms. The Kier molecular flexibility index (Phi) is 4.32. The first-order valence-electron chi connectivity index (χ1n) is 8.87. The van der Waals surface area contributed by atoms with Crippen LogP contribution < -0.4 is 5.73 Å². The van der Waals surface area contributed by atoms with Crippen LogP contribution in [0.1, 0.15) is 37.7 Å². The normalized spacial score (nSPS) is 11.2. The van der Waals surface area contributed by atoms with Gasteiger partial charge in [0.2, 0.25) is 0 Å². The Morgan fingerprint density at radius 1 is 1.11 bits per heavy atom. The highest BCUT2D eigenvalue weighted by atomic mass is 32.1. The molecule has 2 N–H and O–H groups in total. The van der Waals surface area contributed by atoms with Crippen LogP contribution in [0.25, 0.3) is 15.8 Å². The van der Waals surface area contributed by atoms with Crippen LogP contribution in [-0.4, -0.2) is 15.7 Å². The fourth-order valence-electron chi connectivity index (χ4n) is 3.61. The van der Waals surface area contributed by atoms with Gasteiger partial charge < -0.3 is 5.73 Å². The van der Waals surface area contributed by atoms with Crippen molar-refractivity contribution in [3.8, 4) is 5.69 Å². The zero-order valence-electron chi connectivity index (χ0n) is 15.6. The summed E-state index contributed by atoms with van der Waals surface area (Å²) in [6.07, 6.45) is 0.907. The molecule has 2 heterocycles. The summed E-state index contributed by atoms with van der Waals surface area (Å²) in [7, 11) is 0. The maximum atomic E-state index is 11.8. The van der Waals surface area contributed by atoms with Crippen LogP contribution >= 0.6 is 11.3 Å². The summed E-state index contributed by atoms with van der Waals surface area (Å²) >= 11 is 1.77. The van der Waals surface area contributed by atoms with Crippen LogP contribution in [0, 0.1) is 20.8 Å². The first-order valence-corrected chi connectivity index (χ1v) is 9.69. The molecule has 136 valence electrons. The van der Waals surface area contributed by atoms with Crippen LogP contribution in [-0.2, 0) is 6.42 Å². The molecule has 0 aliphatic rings. The predicted molar refractivity (Wildman–Crippen MR) is 111 cm³/mol. The van der Waals surface area contributed by atoms with E-state index in [1.807, 2.05) is 30.7 Å². The standard InChI is InChI=1S/C22H21N3OS/c1-13-6-4-7-16(10-13)11-18-12-17-8-5-9-19(21(17)27-18)25-15(3)20(22(23)26)14(2)24-25/h4-10,12H,11H2,1-3H3,(H2,23,26). The zero-order chi connectivity index (χ0) is 19.1. The van der Waals surface area contributed by atoms with E-state index in [2.05, 4.69) is 48.4 Å². The maximum absolute atomic E-state index is 11.8. The molecule has 0 aliphatic heterocycles. The van der Waals surface area contributed by atoms with Crippen LogP contribution in [0.4, 0.5) is 0 Å². The van der Waals surface area contributed by atoms with Crippen LogP contribution in [0.2, 0.25) is 0 Å². The zero-order valence-corrected chi connectivity index (χ0v) is 16.4. The van der Waals surface area contributed by atoms with Crippen LogP contribution in [0.3, 0.4) is 0 Å². The van der Waals surface area contributed by atoms with Gasteiger partial charge in [0.15, 0.2) is 0 Å². The number of hydrogen-bond donors (Lipinski definition) is 1. The monoisotopic (exact) mass is 375 g/mol. The van der Waals surface area contributed by atoms with Gasteiger partial charge in [-0.1, -0.05) is 42.0 Å². The number of aromatic nitrogens is 2. The highest BCUT2D eigenvalue weighted by Gasteiger charge is 2.19. The lowest BCUT2D eigenvalue weighted by Crippen LogP contribution is -2.13. The lowest BCUT2D eigenvalue weighted by Gasteiger charge is -2.06. The molecule has 0 aliphatic carbocycles. The summed E-state index contributed by atoms with van der Waals surface area (Å²) in [5.74, 6) is -0.435. The third-order valence-electron chi connectivity index (χ3n) is 4.80. The molecule has 2 aromatic carbocycles. The fourth-order valence-corrected chi connectivity index (χ4v) is 4.80. The smallest absolute Gasteiger partial charge is 0.252 e. The summed E-state index contributed by atoms with van der Waals surface area (Å²) in [5.41, 5.74) is 11.0. The molecule has 0 fully saturated rings. The van der Waals surface area contributed by atoms with E-state index in [4.69, 9.17) is 5.73 Å². The Balaban J connectivity index is 1.81. The van der Waals surface area contributed by atoms with Crippen LogP contribution in [0.15, 0.2) is 48.5 Å². The topological polar surface area (TPSA) is 60.9 Å². The Morgan fingerprint density at radius 3 is 2.59 bits per heavy atom. The quantitative estimate of drug-likeness (QED) is 0.562. The Bertz CT molecular complexity index is 1170. The maximum Gasteiger partial charge on any atom is 0.252 e. The Hall–Kier alpha value is -2.92. The minimum Gasteiger partial charge on any atom is -0.365 e. The van der Waals surface area contributed by atoms with Gasteiger partial charge in [-0.15, -0.1) is 11.3 Å². The van der Waals surface area contributed by atoms with E-state index in [9.17, 15) is 4.79 Å². The van der Waals surface area contributed by atoms with Crippen molar-refractivity contribution in [1.82, 2.24) is 9.78 Å². The van der Waals surface area contributed by atoms with Gasteiger partial charge in [0.25, 0.3) is 5.91 Å². The molecule has 2 aromatic heterocycles. The summed E-state index contributed by atoms with van der Waals surface area (Å²) in [6, 6.07) is 17.0. The summed E-state index contributed by atoms with van der Waals surface area (Å²) in [4.78, 5) is 13.1. The second-order valence-electron chi connectivity index (χ2n) is 6.90. The predicted octanol–water partition coefficient (Wildman–Crippen LogP) is 4.70. The molecule has 4 rings (SSSR count). The number of nitrogens with two attached hydrogens (primary N) is 1. The van der Waals surface area contributed by atoms with E-state index in [0.717, 1.165) is 17.8 Å².